The average Bonchev–Trinajstić information content (AvgIpc) is 2.76. The van der Waals surface area contributed by atoms with Gasteiger partial charge in [-0.15, -0.1) is 0 Å². The lowest BCUT2D eigenvalue weighted by molar-refractivity contribution is -0.0631. The molecule has 2 aromatic carbocycles. The second-order valence-corrected chi connectivity index (χ2v) is 8.40. The number of benzene rings is 2. The molecule has 0 bridgehead atoms. The van der Waals surface area contributed by atoms with E-state index in [0.717, 1.165) is 11.1 Å². The first-order chi connectivity index (χ1) is 15.7. The van der Waals surface area contributed by atoms with Crippen molar-refractivity contribution in [3.8, 4) is 34.5 Å². The van der Waals surface area contributed by atoms with Gasteiger partial charge in [0.2, 0.25) is 11.5 Å². The first kappa shape index (κ1) is 26.5. The van der Waals surface area contributed by atoms with Gasteiger partial charge in [-0.2, -0.15) is 0 Å². The summed E-state index contributed by atoms with van der Waals surface area (Å²) in [6, 6.07) is 6.81. The minimum atomic E-state index is -0.372. The van der Waals surface area contributed by atoms with Gasteiger partial charge >= 0.3 is 0 Å². The molecule has 0 spiro atoms. The van der Waals surface area contributed by atoms with E-state index in [0.29, 0.717) is 24.7 Å². The van der Waals surface area contributed by atoms with Crippen molar-refractivity contribution in [2.45, 2.75) is 53.8 Å². The van der Waals surface area contributed by atoms with E-state index < -0.39 is 0 Å². The van der Waals surface area contributed by atoms with Gasteiger partial charge in [0.05, 0.1) is 39.6 Å². The molecule has 0 aliphatic carbocycles. The summed E-state index contributed by atoms with van der Waals surface area (Å²) in [6.45, 7) is 12.9. The third-order valence-electron chi connectivity index (χ3n) is 5.35. The van der Waals surface area contributed by atoms with E-state index in [9.17, 15) is 10.2 Å². The molecule has 0 radical (unpaired) electrons. The molecule has 0 amide bonds. The first-order valence-electron chi connectivity index (χ1n) is 11.4. The Bertz CT molecular complexity index is 834. The van der Waals surface area contributed by atoms with Gasteiger partial charge in [-0.3, -0.25) is 0 Å². The van der Waals surface area contributed by atoms with Gasteiger partial charge in [0.15, 0.2) is 23.0 Å². The number of rotatable bonds is 12. The number of methoxy groups -OCH3 is 2. The quantitative estimate of drug-likeness (QED) is 0.399. The lowest BCUT2D eigenvalue weighted by Crippen LogP contribution is -2.20. The van der Waals surface area contributed by atoms with Gasteiger partial charge < -0.3 is 33.9 Å². The molecule has 0 aromatic heterocycles. The molecule has 0 heterocycles. The molecule has 0 saturated heterocycles. The molecule has 7 nitrogen and oxygen atoms in total. The molecule has 0 aliphatic heterocycles. The molecule has 184 valence electrons. The normalized spacial score (nSPS) is 13.2. The van der Waals surface area contributed by atoms with Crippen LogP contribution in [0.3, 0.4) is 0 Å². The van der Waals surface area contributed by atoms with Crippen molar-refractivity contribution in [1.29, 1.82) is 0 Å². The molecule has 2 N–H and O–H groups in total. The smallest absolute Gasteiger partial charge is 0.203 e. The van der Waals surface area contributed by atoms with Crippen LogP contribution in [-0.4, -0.2) is 37.6 Å². The maximum atomic E-state index is 10.3. The Hall–Kier alpha value is -2.80. The molecule has 7 heteroatoms. The summed E-state index contributed by atoms with van der Waals surface area (Å²) in [5.74, 6) is 1.67. The lowest BCUT2D eigenvalue weighted by Gasteiger charge is -2.32. The van der Waals surface area contributed by atoms with Gasteiger partial charge in [-0.1, -0.05) is 27.7 Å². The highest BCUT2D eigenvalue weighted by Crippen LogP contribution is 2.49. The maximum Gasteiger partial charge on any atom is 0.203 e. The van der Waals surface area contributed by atoms with Gasteiger partial charge in [0, 0.05) is 11.1 Å². The fourth-order valence-corrected chi connectivity index (χ4v) is 3.90. The summed E-state index contributed by atoms with van der Waals surface area (Å²) in [4.78, 5) is 0. The molecule has 2 rings (SSSR count). The third-order valence-corrected chi connectivity index (χ3v) is 5.35. The number of hydrogen-bond donors (Lipinski definition) is 2. The standard InChI is InChI=1S/C26H38O7/c1-9-31-23-17(11-13-19(27)25(23)29-7)21(15(3)4)33-22(16(5)6)18-12-14-20(28)26(30-8)24(18)32-10-2/h11-16,21-22,27-28H,9-10H2,1-8H3. The average molecular weight is 463 g/mol. The number of aromatic hydroxyl groups is 2. The maximum absolute atomic E-state index is 10.3. The molecular weight excluding hydrogens is 424 g/mol. The van der Waals surface area contributed by atoms with Crippen LogP contribution in [0.1, 0.15) is 64.9 Å². The number of hydrogen-bond acceptors (Lipinski definition) is 7. The summed E-state index contributed by atoms with van der Waals surface area (Å²) >= 11 is 0. The summed E-state index contributed by atoms with van der Waals surface area (Å²) in [6.07, 6.45) is -0.745. The predicted molar refractivity (Wildman–Crippen MR) is 128 cm³/mol. The third kappa shape index (κ3) is 5.77. The Balaban J connectivity index is 2.63. The molecule has 0 saturated carbocycles. The predicted octanol–water partition coefficient (Wildman–Crippen LogP) is 6.02. The van der Waals surface area contributed by atoms with E-state index in [4.69, 9.17) is 23.7 Å². The van der Waals surface area contributed by atoms with Gasteiger partial charge in [-0.25, -0.2) is 0 Å². The van der Waals surface area contributed by atoms with Crippen molar-refractivity contribution in [3.63, 3.8) is 0 Å². The molecule has 2 atom stereocenters. The minimum absolute atomic E-state index is 0.00881. The van der Waals surface area contributed by atoms with E-state index in [2.05, 4.69) is 27.7 Å². The Labute approximate surface area is 197 Å². The number of phenols is 2. The van der Waals surface area contributed by atoms with Crippen LogP contribution < -0.4 is 18.9 Å². The fraction of sp³-hybridized carbons (Fsp3) is 0.538. The van der Waals surface area contributed by atoms with Crippen LogP contribution in [0.5, 0.6) is 34.5 Å². The lowest BCUT2D eigenvalue weighted by atomic mass is 9.93. The zero-order chi connectivity index (χ0) is 24.7. The van der Waals surface area contributed by atoms with Crippen molar-refractivity contribution in [1.82, 2.24) is 0 Å². The van der Waals surface area contributed by atoms with E-state index in [1.54, 1.807) is 12.1 Å². The van der Waals surface area contributed by atoms with Crippen molar-refractivity contribution < 1.29 is 33.9 Å². The second kappa shape index (κ2) is 11.9. The monoisotopic (exact) mass is 462 g/mol. The second-order valence-electron chi connectivity index (χ2n) is 8.40. The molecule has 33 heavy (non-hydrogen) atoms. The van der Waals surface area contributed by atoms with Crippen molar-refractivity contribution >= 4 is 0 Å². The Morgan fingerprint density at radius 1 is 0.636 bits per heavy atom. The fourth-order valence-electron chi connectivity index (χ4n) is 3.90. The van der Waals surface area contributed by atoms with Crippen molar-refractivity contribution in [2.24, 2.45) is 11.8 Å². The van der Waals surface area contributed by atoms with Crippen molar-refractivity contribution in [2.75, 3.05) is 27.4 Å². The van der Waals surface area contributed by atoms with Gasteiger partial charge in [0.1, 0.15) is 0 Å². The highest BCUT2D eigenvalue weighted by molar-refractivity contribution is 5.57. The highest BCUT2D eigenvalue weighted by Gasteiger charge is 2.32. The van der Waals surface area contributed by atoms with Crippen LogP contribution in [0.2, 0.25) is 0 Å². The van der Waals surface area contributed by atoms with Crippen molar-refractivity contribution in [3.05, 3.63) is 35.4 Å². The SMILES string of the molecule is CCOc1c(C(OC(c2ccc(O)c(OC)c2OCC)C(C)C)C(C)C)ccc(O)c1OC. The number of phenolic OH excluding ortho intramolecular Hbond substituents is 2. The summed E-state index contributed by atoms with van der Waals surface area (Å²) < 4.78 is 29.4. The minimum Gasteiger partial charge on any atom is -0.504 e. The molecule has 2 unspecified atom stereocenters. The van der Waals surface area contributed by atoms with Crippen LogP contribution in [-0.2, 0) is 4.74 Å². The van der Waals surface area contributed by atoms with E-state index in [1.165, 1.54) is 14.2 Å². The molecule has 2 aromatic rings. The Morgan fingerprint density at radius 2 is 1.00 bits per heavy atom. The van der Waals surface area contributed by atoms with Crippen LogP contribution in [0.15, 0.2) is 24.3 Å². The zero-order valence-electron chi connectivity index (χ0n) is 21.0. The summed E-state index contributed by atoms with van der Waals surface area (Å²) in [5.41, 5.74) is 1.58. The topological polar surface area (TPSA) is 86.6 Å². The zero-order valence-corrected chi connectivity index (χ0v) is 21.0. The Morgan fingerprint density at radius 3 is 1.27 bits per heavy atom. The van der Waals surface area contributed by atoms with E-state index >= 15 is 0 Å². The molecule has 0 fully saturated rings. The van der Waals surface area contributed by atoms with Crippen LogP contribution in [0.4, 0.5) is 0 Å². The van der Waals surface area contributed by atoms with E-state index in [-0.39, 0.29) is 47.0 Å². The van der Waals surface area contributed by atoms with Gasteiger partial charge in [-0.05, 0) is 49.9 Å². The number of ether oxygens (including phenoxy) is 5. The van der Waals surface area contributed by atoms with Gasteiger partial charge in [0.25, 0.3) is 0 Å². The van der Waals surface area contributed by atoms with E-state index in [1.807, 2.05) is 26.0 Å². The van der Waals surface area contributed by atoms with Crippen LogP contribution >= 0.6 is 0 Å². The summed E-state index contributed by atoms with van der Waals surface area (Å²) in [7, 11) is 3.00. The molecular formula is C26H38O7. The van der Waals surface area contributed by atoms with Crippen LogP contribution in [0, 0.1) is 11.8 Å². The summed E-state index contributed by atoms with van der Waals surface area (Å²) in [5, 5.41) is 20.6. The van der Waals surface area contributed by atoms with Crippen LogP contribution in [0.25, 0.3) is 0 Å². The highest BCUT2D eigenvalue weighted by atomic mass is 16.5. The largest absolute Gasteiger partial charge is 0.504 e. The molecule has 0 aliphatic rings. The Kier molecular flexibility index (Phi) is 9.53. The first-order valence-corrected chi connectivity index (χ1v) is 11.4.